The molecule has 0 aliphatic rings. The minimum absolute atomic E-state index is 0.883. The van der Waals surface area contributed by atoms with Crippen LogP contribution in [0.2, 0.25) is 0 Å². The van der Waals surface area contributed by atoms with Crippen molar-refractivity contribution in [2.45, 2.75) is 31.4 Å². The van der Waals surface area contributed by atoms with Gasteiger partial charge in [-0.2, -0.15) is 0 Å². The van der Waals surface area contributed by atoms with E-state index in [1.807, 2.05) is 23.9 Å². The highest BCUT2D eigenvalue weighted by molar-refractivity contribution is 7.98. The summed E-state index contributed by atoms with van der Waals surface area (Å²) in [6, 6.07) is 12.7. The number of hydrogen-bond donors (Lipinski definition) is 1. The maximum atomic E-state index is 5.93. The van der Waals surface area contributed by atoms with Gasteiger partial charge in [0, 0.05) is 16.3 Å². The summed E-state index contributed by atoms with van der Waals surface area (Å²) in [7, 11) is 0. The molecular weight excluding hydrogens is 238 g/mol. The van der Waals surface area contributed by atoms with Gasteiger partial charge in [0.2, 0.25) is 0 Å². The van der Waals surface area contributed by atoms with Crippen molar-refractivity contribution >= 4 is 17.4 Å². The molecule has 0 aliphatic carbocycles. The summed E-state index contributed by atoms with van der Waals surface area (Å²) < 4.78 is 0. The number of rotatable bonds is 3. The monoisotopic (exact) mass is 257 g/mol. The molecule has 2 aromatic carbocycles. The zero-order valence-corrected chi connectivity index (χ0v) is 12.0. The lowest BCUT2D eigenvalue weighted by Crippen LogP contribution is -1.94. The molecule has 2 N–H and O–H groups in total. The summed E-state index contributed by atoms with van der Waals surface area (Å²) in [5.41, 5.74) is 12.0. The summed E-state index contributed by atoms with van der Waals surface area (Å²) in [5.74, 6) is 0.973. The lowest BCUT2D eigenvalue weighted by Gasteiger charge is -2.10. The highest BCUT2D eigenvalue weighted by Crippen LogP contribution is 2.28. The fourth-order valence-corrected chi connectivity index (χ4v) is 3.05. The van der Waals surface area contributed by atoms with Gasteiger partial charge in [-0.3, -0.25) is 0 Å². The third kappa shape index (κ3) is 2.88. The minimum Gasteiger partial charge on any atom is -0.399 e. The molecule has 0 saturated heterocycles. The predicted octanol–water partition coefficient (Wildman–Crippen LogP) is 4.49. The Labute approximate surface area is 113 Å². The van der Waals surface area contributed by atoms with Gasteiger partial charge < -0.3 is 5.73 Å². The van der Waals surface area contributed by atoms with Crippen LogP contribution in [0.25, 0.3) is 0 Å². The van der Waals surface area contributed by atoms with Gasteiger partial charge in [-0.05, 0) is 49.6 Å². The van der Waals surface area contributed by atoms with Gasteiger partial charge in [0.25, 0.3) is 0 Å². The van der Waals surface area contributed by atoms with Gasteiger partial charge in [0.15, 0.2) is 0 Å². The van der Waals surface area contributed by atoms with Gasteiger partial charge in [-0.25, -0.2) is 0 Å². The molecule has 1 nitrogen and oxygen atoms in total. The van der Waals surface area contributed by atoms with E-state index in [2.05, 4.69) is 45.0 Å². The molecule has 0 bridgehead atoms. The van der Waals surface area contributed by atoms with Crippen molar-refractivity contribution in [3.05, 3.63) is 58.7 Å². The molecule has 0 heterocycles. The fraction of sp³-hybridized carbons (Fsp3) is 0.250. The Morgan fingerprint density at radius 2 is 1.83 bits per heavy atom. The highest BCUT2D eigenvalue weighted by Gasteiger charge is 2.04. The van der Waals surface area contributed by atoms with E-state index in [1.54, 1.807) is 0 Å². The van der Waals surface area contributed by atoms with Crippen LogP contribution in [0.5, 0.6) is 0 Å². The third-order valence-electron chi connectivity index (χ3n) is 3.20. The van der Waals surface area contributed by atoms with E-state index >= 15 is 0 Å². The maximum absolute atomic E-state index is 5.93. The number of hydrogen-bond acceptors (Lipinski definition) is 2. The number of nitrogens with two attached hydrogens (primary N) is 1. The molecule has 0 unspecified atom stereocenters. The van der Waals surface area contributed by atoms with E-state index < -0.39 is 0 Å². The first-order valence-corrected chi connectivity index (χ1v) is 7.10. The van der Waals surface area contributed by atoms with Gasteiger partial charge in [-0.15, -0.1) is 11.8 Å². The molecule has 2 aromatic rings. The van der Waals surface area contributed by atoms with Crippen LogP contribution < -0.4 is 5.73 Å². The normalized spacial score (nSPS) is 10.6. The number of nitrogen functional groups attached to an aromatic ring is 1. The van der Waals surface area contributed by atoms with Crippen LogP contribution in [-0.4, -0.2) is 0 Å². The van der Waals surface area contributed by atoms with Crippen molar-refractivity contribution in [2.24, 2.45) is 0 Å². The highest BCUT2D eigenvalue weighted by atomic mass is 32.2. The summed E-state index contributed by atoms with van der Waals surface area (Å²) >= 11 is 1.88. The minimum atomic E-state index is 0.883. The van der Waals surface area contributed by atoms with Crippen LogP contribution >= 0.6 is 11.8 Å². The number of thioether (sulfide) groups is 1. The van der Waals surface area contributed by atoms with Crippen molar-refractivity contribution in [3.8, 4) is 0 Å². The molecule has 0 saturated carbocycles. The van der Waals surface area contributed by atoms with E-state index in [-0.39, 0.29) is 0 Å². The van der Waals surface area contributed by atoms with Crippen molar-refractivity contribution in [1.82, 2.24) is 0 Å². The average Bonchev–Trinajstić information content (AvgIpc) is 2.33. The van der Waals surface area contributed by atoms with Crippen molar-refractivity contribution in [3.63, 3.8) is 0 Å². The third-order valence-corrected chi connectivity index (χ3v) is 4.43. The second-order valence-electron chi connectivity index (χ2n) is 4.69. The van der Waals surface area contributed by atoms with Crippen molar-refractivity contribution in [2.75, 3.05) is 5.73 Å². The molecule has 2 heteroatoms. The average molecular weight is 257 g/mol. The van der Waals surface area contributed by atoms with Gasteiger partial charge in [-0.1, -0.05) is 29.8 Å². The van der Waals surface area contributed by atoms with E-state index in [4.69, 9.17) is 5.73 Å². The standard InChI is InChI=1S/C16H19NS/c1-11-7-8-16(12(2)9-11)18-10-14-5-4-6-15(17)13(14)3/h4-9H,10,17H2,1-3H3. The molecular formula is C16H19NS. The molecule has 0 spiro atoms. The second kappa shape index (κ2) is 5.49. The smallest absolute Gasteiger partial charge is 0.0346 e. The van der Waals surface area contributed by atoms with Crippen LogP contribution in [0.1, 0.15) is 22.3 Å². The SMILES string of the molecule is Cc1ccc(SCc2cccc(N)c2C)c(C)c1. The molecule has 0 aliphatic heterocycles. The summed E-state index contributed by atoms with van der Waals surface area (Å²) in [4.78, 5) is 1.35. The van der Waals surface area contributed by atoms with Crippen LogP contribution in [0.15, 0.2) is 41.3 Å². The first-order valence-electron chi connectivity index (χ1n) is 6.12. The fourth-order valence-electron chi connectivity index (χ4n) is 1.98. The molecule has 94 valence electrons. The van der Waals surface area contributed by atoms with Crippen LogP contribution in [0.3, 0.4) is 0 Å². The molecule has 18 heavy (non-hydrogen) atoms. The molecule has 0 fully saturated rings. The maximum Gasteiger partial charge on any atom is 0.0346 e. The van der Waals surface area contributed by atoms with Crippen molar-refractivity contribution in [1.29, 1.82) is 0 Å². The van der Waals surface area contributed by atoms with Gasteiger partial charge >= 0.3 is 0 Å². The Hall–Kier alpha value is -1.41. The molecule has 0 aromatic heterocycles. The summed E-state index contributed by atoms with van der Waals surface area (Å²) in [6.45, 7) is 6.39. The van der Waals surface area contributed by atoms with E-state index in [9.17, 15) is 0 Å². The molecule has 0 amide bonds. The molecule has 0 radical (unpaired) electrons. The Morgan fingerprint density at radius 3 is 2.56 bits per heavy atom. The lowest BCUT2D eigenvalue weighted by molar-refractivity contribution is 1.25. The Morgan fingerprint density at radius 1 is 1.06 bits per heavy atom. The Kier molecular flexibility index (Phi) is 3.97. The number of benzene rings is 2. The van der Waals surface area contributed by atoms with Crippen LogP contribution in [-0.2, 0) is 5.75 Å². The first-order chi connectivity index (χ1) is 8.58. The Balaban J connectivity index is 2.14. The zero-order chi connectivity index (χ0) is 13.1. The summed E-state index contributed by atoms with van der Waals surface area (Å²) in [5, 5.41) is 0. The zero-order valence-electron chi connectivity index (χ0n) is 11.2. The molecule has 0 atom stereocenters. The van der Waals surface area contributed by atoms with E-state index in [0.29, 0.717) is 0 Å². The van der Waals surface area contributed by atoms with Crippen LogP contribution in [0.4, 0.5) is 5.69 Å². The van der Waals surface area contributed by atoms with E-state index in [1.165, 1.54) is 27.1 Å². The summed E-state index contributed by atoms with van der Waals surface area (Å²) in [6.07, 6.45) is 0. The quantitative estimate of drug-likeness (QED) is 0.648. The molecule has 2 rings (SSSR count). The first kappa shape index (κ1) is 13.0. The van der Waals surface area contributed by atoms with Crippen LogP contribution in [0, 0.1) is 20.8 Å². The largest absolute Gasteiger partial charge is 0.399 e. The predicted molar refractivity (Wildman–Crippen MR) is 81.1 cm³/mol. The topological polar surface area (TPSA) is 26.0 Å². The number of aryl methyl sites for hydroxylation is 2. The van der Waals surface area contributed by atoms with Gasteiger partial charge in [0.05, 0.1) is 0 Å². The Bertz CT molecular complexity index is 561. The second-order valence-corrected chi connectivity index (χ2v) is 5.71. The lowest BCUT2D eigenvalue weighted by atomic mass is 10.1. The number of anilines is 1. The van der Waals surface area contributed by atoms with Gasteiger partial charge in [0.1, 0.15) is 0 Å². The van der Waals surface area contributed by atoms with E-state index in [0.717, 1.165) is 11.4 Å². The van der Waals surface area contributed by atoms with Crippen molar-refractivity contribution < 1.29 is 0 Å².